The van der Waals surface area contributed by atoms with Crippen molar-refractivity contribution in [3.8, 4) is 5.69 Å². The van der Waals surface area contributed by atoms with Gasteiger partial charge in [0.05, 0.1) is 16.7 Å². The van der Waals surface area contributed by atoms with Crippen molar-refractivity contribution < 1.29 is 0 Å². The van der Waals surface area contributed by atoms with E-state index in [0.717, 1.165) is 0 Å². The Kier molecular flexibility index (Phi) is 3.60. The van der Waals surface area contributed by atoms with Crippen LogP contribution in [0.15, 0.2) is 115 Å². The molecule has 0 saturated carbocycles. The molecule has 2 heteroatoms. The minimum absolute atomic E-state index is 1.24. The van der Waals surface area contributed by atoms with Gasteiger partial charge in [0.15, 0.2) is 0 Å². The Bertz CT molecular complexity index is 2070. The molecule has 0 radical (unpaired) electrons. The zero-order valence-electron chi connectivity index (χ0n) is 18.3. The molecule has 8 rings (SSSR count). The van der Waals surface area contributed by atoms with Crippen LogP contribution in [0.4, 0.5) is 0 Å². The first kappa shape index (κ1) is 18.3. The van der Waals surface area contributed by atoms with Gasteiger partial charge in [-0.3, -0.25) is 0 Å². The van der Waals surface area contributed by atoms with E-state index in [0.29, 0.717) is 0 Å². The second-order valence-corrected chi connectivity index (χ2v) is 10.0. The lowest BCUT2D eigenvalue weighted by atomic mass is 10.00. The number of rotatable bonds is 1. The van der Waals surface area contributed by atoms with Gasteiger partial charge in [0.2, 0.25) is 0 Å². The minimum Gasteiger partial charge on any atom is -0.309 e. The van der Waals surface area contributed by atoms with E-state index in [-0.39, 0.29) is 0 Å². The SMILES string of the molecule is c1ccc2c(c1)cc(-n1c3ccccc3c3c4sc5ccccc5c4ccc31)c1ccccc12. The van der Waals surface area contributed by atoms with Gasteiger partial charge in [0.25, 0.3) is 0 Å². The number of nitrogens with zero attached hydrogens (tertiary/aromatic N) is 1. The van der Waals surface area contributed by atoms with Crippen LogP contribution < -0.4 is 0 Å². The second kappa shape index (κ2) is 6.69. The zero-order valence-corrected chi connectivity index (χ0v) is 19.1. The van der Waals surface area contributed by atoms with Gasteiger partial charge in [0.1, 0.15) is 0 Å². The first-order valence-corrected chi connectivity index (χ1v) is 12.4. The molecule has 2 aromatic heterocycles. The molecule has 0 amide bonds. The standard InChI is InChI=1S/C32H19NS/c1-2-10-21-20(9-1)19-29(23-12-4-3-11-22(21)23)33-27-15-7-5-14-26(27)31-28(33)18-17-25-24-13-6-8-16-30(24)34-32(25)31/h1-19H. The molecule has 34 heavy (non-hydrogen) atoms. The number of fused-ring (bicyclic) bond motifs is 10. The molecule has 158 valence electrons. The quantitative estimate of drug-likeness (QED) is 0.220. The van der Waals surface area contributed by atoms with Crippen LogP contribution in [0.25, 0.3) is 69.2 Å². The Morgan fingerprint density at radius 1 is 0.471 bits per heavy atom. The van der Waals surface area contributed by atoms with E-state index in [2.05, 4.69) is 120 Å². The second-order valence-electron chi connectivity index (χ2n) is 8.95. The van der Waals surface area contributed by atoms with Crippen molar-refractivity contribution >= 4 is 74.9 Å². The molecule has 0 bridgehead atoms. The van der Waals surface area contributed by atoms with E-state index >= 15 is 0 Å². The van der Waals surface area contributed by atoms with Crippen molar-refractivity contribution in [3.63, 3.8) is 0 Å². The van der Waals surface area contributed by atoms with Crippen LogP contribution in [0.1, 0.15) is 0 Å². The van der Waals surface area contributed by atoms with Crippen LogP contribution >= 0.6 is 11.3 Å². The molecule has 0 aliphatic carbocycles. The van der Waals surface area contributed by atoms with Crippen molar-refractivity contribution in [3.05, 3.63) is 115 Å². The van der Waals surface area contributed by atoms with E-state index in [1.807, 2.05) is 11.3 Å². The summed E-state index contributed by atoms with van der Waals surface area (Å²) in [6.07, 6.45) is 0. The maximum atomic E-state index is 2.48. The fourth-order valence-electron chi connectivity index (χ4n) is 5.71. The van der Waals surface area contributed by atoms with Crippen molar-refractivity contribution in [1.82, 2.24) is 4.57 Å². The Balaban J connectivity index is 1.62. The minimum atomic E-state index is 1.24. The maximum absolute atomic E-state index is 2.48. The molecule has 0 fully saturated rings. The Labute approximate surface area is 200 Å². The maximum Gasteiger partial charge on any atom is 0.0556 e. The molecule has 0 atom stereocenters. The highest BCUT2D eigenvalue weighted by Gasteiger charge is 2.18. The Morgan fingerprint density at radius 2 is 1.15 bits per heavy atom. The third kappa shape index (κ3) is 2.33. The average molecular weight is 450 g/mol. The van der Waals surface area contributed by atoms with Gasteiger partial charge < -0.3 is 4.57 Å². The molecule has 2 heterocycles. The lowest BCUT2D eigenvalue weighted by Crippen LogP contribution is -1.96. The van der Waals surface area contributed by atoms with Crippen LogP contribution in [0.3, 0.4) is 0 Å². The zero-order chi connectivity index (χ0) is 22.2. The average Bonchev–Trinajstić information content (AvgIpc) is 3.44. The molecule has 0 spiro atoms. The highest BCUT2D eigenvalue weighted by molar-refractivity contribution is 7.26. The normalized spacial score (nSPS) is 12.1. The van der Waals surface area contributed by atoms with E-state index in [1.165, 1.54) is 69.2 Å². The van der Waals surface area contributed by atoms with E-state index in [1.54, 1.807) is 0 Å². The van der Waals surface area contributed by atoms with E-state index in [4.69, 9.17) is 0 Å². The van der Waals surface area contributed by atoms with Crippen molar-refractivity contribution in [2.45, 2.75) is 0 Å². The van der Waals surface area contributed by atoms with Crippen LogP contribution in [-0.4, -0.2) is 4.57 Å². The number of thiophene rings is 1. The number of hydrogen-bond acceptors (Lipinski definition) is 1. The summed E-state index contributed by atoms with van der Waals surface area (Å²) >= 11 is 1.91. The summed E-state index contributed by atoms with van der Waals surface area (Å²) in [5.41, 5.74) is 3.75. The summed E-state index contributed by atoms with van der Waals surface area (Å²) in [7, 11) is 0. The van der Waals surface area contributed by atoms with Gasteiger partial charge >= 0.3 is 0 Å². The van der Waals surface area contributed by atoms with Crippen LogP contribution in [0.5, 0.6) is 0 Å². The summed E-state index contributed by atoms with van der Waals surface area (Å²) in [5, 5.41) is 10.5. The largest absolute Gasteiger partial charge is 0.309 e. The smallest absolute Gasteiger partial charge is 0.0556 e. The van der Waals surface area contributed by atoms with Crippen LogP contribution in [0, 0.1) is 0 Å². The first-order valence-electron chi connectivity index (χ1n) is 11.6. The van der Waals surface area contributed by atoms with Gasteiger partial charge in [-0.15, -0.1) is 11.3 Å². The number of benzene rings is 6. The molecular formula is C32H19NS. The number of aromatic nitrogens is 1. The molecule has 0 aliphatic rings. The number of hydrogen-bond donors (Lipinski definition) is 0. The summed E-state index contributed by atoms with van der Waals surface area (Å²) in [5.74, 6) is 0. The summed E-state index contributed by atoms with van der Waals surface area (Å²) in [6, 6.07) is 42.1. The van der Waals surface area contributed by atoms with Crippen LogP contribution in [0.2, 0.25) is 0 Å². The van der Waals surface area contributed by atoms with Crippen molar-refractivity contribution in [2.75, 3.05) is 0 Å². The molecule has 1 nitrogen and oxygen atoms in total. The van der Waals surface area contributed by atoms with Crippen molar-refractivity contribution in [1.29, 1.82) is 0 Å². The van der Waals surface area contributed by atoms with Gasteiger partial charge in [-0.05, 0) is 40.4 Å². The van der Waals surface area contributed by atoms with Gasteiger partial charge in [-0.1, -0.05) is 91.0 Å². The fourth-order valence-corrected chi connectivity index (χ4v) is 6.97. The highest BCUT2D eigenvalue weighted by Crippen LogP contribution is 2.44. The molecule has 0 N–H and O–H groups in total. The predicted molar refractivity (Wildman–Crippen MR) is 149 cm³/mol. The monoisotopic (exact) mass is 449 g/mol. The summed E-state index contributed by atoms with van der Waals surface area (Å²) in [4.78, 5) is 0. The number of para-hydroxylation sites is 1. The summed E-state index contributed by atoms with van der Waals surface area (Å²) in [6.45, 7) is 0. The fraction of sp³-hybridized carbons (Fsp3) is 0. The Morgan fingerprint density at radius 3 is 2.03 bits per heavy atom. The lowest BCUT2D eigenvalue weighted by molar-refractivity contribution is 1.20. The first-order chi connectivity index (χ1) is 16.9. The third-order valence-electron chi connectivity index (χ3n) is 7.17. The third-order valence-corrected chi connectivity index (χ3v) is 8.37. The van der Waals surface area contributed by atoms with Gasteiger partial charge in [0, 0.05) is 36.3 Å². The molecule has 0 unspecified atom stereocenters. The molecule has 8 aromatic rings. The van der Waals surface area contributed by atoms with Crippen LogP contribution in [-0.2, 0) is 0 Å². The van der Waals surface area contributed by atoms with E-state index in [9.17, 15) is 0 Å². The molecular weight excluding hydrogens is 430 g/mol. The van der Waals surface area contributed by atoms with Gasteiger partial charge in [-0.2, -0.15) is 0 Å². The topological polar surface area (TPSA) is 4.93 Å². The molecule has 0 aliphatic heterocycles. The predicted octanol–water partition coefficient (Wildman–Crippen LogP) is 9.46. The highest BCUT2D eigenvalue weighted by atomic mass is 32.1. The molecule has 6 aromatic carbocycles. The summed E-state index contributed by atoms with van der Waals surface area (Å²) < 4.78 is 5.19. The Hall–Kier alpha value is -4.14. The van der Waals surface area contributed by atoms with E-state index < -0.39 is 0 Å². The van der Waals surface area contributed by atoms with Crippen molar-refractivity contribution in [2.24, 2.45) is 0 Å². The van der Waals surface area contributed by atoms with Gasteiger partial charge in [-0.25, -0.2) is 0 Å². The molecule has 0 saturated heterocycles. The lowest BCUT2D eigenvalue weighted by Gasteiger charge is -2.14.